The molecule has 2 aliphatic heterocycles. The van der Waals surface area contributed by atoms with E-state index in [0.29, 0.717) is 12.1 Å². The van der Waals surface area contributed by atoms with E-state index in [1.165, 1.54) is 0 Å². The van der Waals surface area contributed by atoms with Crippen LogP contribution in [-0.4, -0.2) is 39.3 Å². The Morgan fingerprint density at radius 3 is 2.38 bits per heavy atom. The van der Waals surface area contributed by atoms with E-state index >= 15 is 0 Å². The number of nitrogens with zero attached hydrogens (tertiary/aromatic N) is 3. The lowest BCUT2D eigenvalue weighted by Gasteiger charge is -2.39. The minimum absolute atomic E-state index is 0.159. The van der Waals surface area contributed by atoms with Crippen LogP contribution in [0.5, 0.6) is 0 Å². The molecule has 0 aromatic carbocycles. The molecule has 7 nitrogen and oxygen atoms in total. The van der Waals surface area contributed by atoms with Gasteiger partial charge >= 0.3 is 5.97 Å². The maximum absolute atomic E-state index is 11.0. The molecule has 1 aromatic heterocycles. The SMILES string of the molecule is NC(=O)c1ccc(N2C3CCC2CC(CC(=O)O)C3)nn1. The van der Waals surface area contributed by atoms with E-state index in [1.807, 2.05) is 0 Å². The predicted octanol–water partition coefficient (Wildman–Crippen LogP) is 0.798. The van der Waals surface area contributed by atoms with Gasteiger partial charge in [0.25, 0.3) is 5.91 Å². The lowest BCUT2D eigenvalue weighted by Crippen LogP contribution is -2.44. The Kier molecular flexibility index (Phi) is 3.48. The summed E-state index contributed by atoms with van der Waals surface area (Å²) >= 11 is 0. The number of aliphatic carboxylic acids is 1. The van der Waals surface area contributed by atoms with E-state index in [2.05, 4.69) is 15.1 Å². The van der Waals surface area contributed by atoms with E-state index in [1.54, 1.807) is 12.1 Å². The quantitative estimate of drug-likeness (QED) is 0.848. The molecule has 112 valence electrons. The number of piperidine rings is 1. The molecule has 2 unspecified atom stereocenters. The monoisotopic (exact) mass is 290 g/mol. The van der Waals surface area contributed by atoms with Gasteiger partial charge in [-0.25, -0.2) is 0 Å². The van der Waals surface area contributed by atoms with Gasteiger partial charge in [0.05, 0.1) is 0 Å². The fourth-order valence-corrected chi connectivity index (χ4v) is 3.67. The second kappa shape index (κ2) is 5.31. The van der Waals surface area contributed by atoms with Crippen molar-refractivity contribution >= 4 is 17.7 Å². The van der Waals surface area contributed by atoms with Crippen LogP contribution in [0.25, 0.3) is 0 Å². The molecule has 0 saturated carbocycles. The van der Waals surface area contributed by atoms with Gasteiger partial charge in [0, 0.05) is 18.5 Å². The smallest absolute Gasteiger partial charge is 0.303 e. The first-order valence-corrected chi connectivity index (χ1v) is 7.18. The molecule has 0 aliphatic carbocycles. The number of carboxylic acids is 1. The van der Waals surface area contributed by atoms with Crippen molar-refractivity contribution in [2.75, 3.05) is 4.90 Å². The topological polar surface area (TPSA) is 109 Å². The standard InChI is InChI=1S/C14H18N4O3/c15-14(21)11-3-4-12(17-16-11)18-9-1-2-10(18)6-8(5-9)7-13(19)20/h3-4,8-10H,1-2,5-7H2,(H2,15,21)(H,19,20). The first-order valence-electron chi connectivity index (χ1n) is 7.18. The van der Waals surface area contributed by atoms with Crippen molar-refractivity contribution in [1.82, 2.24) is 10.2 Å². The molecule has 1 aromatic rings. The van der Waals surface area contributed by atoms with E-state index in [-0.39, 0.29) is 18.0 Å². The van der Waals surface area contributed by atoms with Gasteiger partial charge in [0.15, 0.2) is 11.5 Å². The summed E-state index contributed by atoms with van der Waals surface area (Å²) in [7, 11) is 0. The molecule has 7 heteroatoms. The molecular formula is C14H18N4O3. The van der Waals surface area contributed by atoms with Crippen molar-refractivity contribution in [3.8, 4) is 0 Å². The summed E-state index contributed by atoms with van der Waals surface area (Å²) in [5.41, 5.74) is 5.32. The summed E-state index contributed by atoms with van der Waals surface area (Å²) < 4.78 is 0. The van der Waals surface area contributed by atoms with Crippen LogP contribution < -0.4 is 10.6 Å². The van der Waals surface area contributed by atoms with Crippen LogP contribution in [0.2, 0.25) is 0 Å². The Balaban J connectivity index is 1.75. The number of carboxylic acid groups (broad SMARTS) is 1. The van der Waals surface area contributed by atoms with Crippen LogP contribution in [0.3, 0.4) is 0 Å². The average Bonchev–Trinajstić information content (AvgIpc) is 2.70. The maximum atomic E-state index is 11.0. The van der Waals surface area contributed by atoms with Crippen molar-refractivity contribution in [1.29, 1.82) is 0 Å². The Labute approximate surface area is 122 Å². The van der Waals surface area contributed by atoms with Gasteiger partial charge in [-0.15, -0.1) is 10.2 Å². The van der Waals surface area contributed by atoms with Gasteiger partial charge in [-0.2, -0.15) is 0 Å². The molecule has 0 spiro atoms. The third-order valence-electron chi connectivity index (χ3n) is 4.46. The normalized spacial score (nSPS) is 27.6. The Hall–Kier alpha value is -2.18. The molecule has 2 fully saturated rings. The lowest BCUT2D eigenvalue weighted by atomic mass is 9.88. The van der Waals surface area contributed by atoms with Gasteiger partial charge in [0.2, 0.25) is 0 Å². The molecule has 2 atom stereocenters. The highest BCUT2D eigenvalue weighted by molar-refractivity contribution is 5.90. The molecule has 21 heavy (non-hydrogen) atoms. The van der Waals surface area contributed by atoms with Crippen molar-refractivity contribution < 1.29 is 14.7 Å². The molecule has 3 N–H and O–H groups in total. The zero-order chi connectivity index (χ0) is 15.0. The number of amides is 1. The van der Waals surface area contributed by atoms with Crippen molar-refractivity contribution in [3.63, 3.8) is 0 Å². The second-order valence-corrected chi connectivity index (χ2v) is 5.87. The van der Waals surface area contributed by atoms with Crippen LogP contribution in [0.4, 0.5) is 5.82 Å². The fraction of sp³-hybridized carbons (Fsp3) is 0.571. The van der Waals surface area contributed by atoms with Gasteiger partial charge in [-0.05, 0) is 43.7 Å². The number of hydrogen-bond acceptors (Lipinski definition) is 5. The predicted molar refractivity (Wildman–Crippen MR) is 74.8 cm³/mol. The van der Waals surface area contributed by atoms with Crippen LogP contribution in [0.15, 0.2) is 12.1 Å². The summed E-state index contributed by atoms with van der Waals surface area (Å²) in [6, 6.07) is 4.01. The molecule has 1 amide bonds. The van der Waals surface area contributed by atoms with E-state index < -0.39 is 11.9 Å². The molecule has 2 saturated heterocycles. The molecule has 3 heterocycles. The van der Waals surface area contributed by atoms with Gasteiger partial charge in [0.1, 0.15) is 0 Å². The highest BCUT2D eigenvalue weighted by Gasteiger charge is 2.41. The number of hydrogen-bond donors (Lipinski definition) is 2. The lowest BCUT2D eigenvalue weighted by molar-refractivity contribution is -0.138. The highest BCUT2D eigenvalue weighted by atomic mass is 16.4. The molecule has 2 bridgehead atoms. The van der Waals surface area contributed by atoms with Crippen molar-refractivity contribution in [2.45, 2.75) is 44.2 Å². The van der Waals surface area contributed by atoms with Crippen LogP contribution in [-0.2, 0) is 4.79 Å². The summed E-state index contributed by atoms with van der Waals surface area (Å²) in [6.45, 7) is 0. The average molecular weight is 290 g/mol. The summed E-state index contributed by atoms with van der Waals surface area (Å²) in [4.78, 5) is 24.1. The van der Waals surface area contributed by atoms with E-state index in [0.717, 1.165) is 31.5 Å². The number of carbonyl (C=O) groups is 2. The summed E-state index contributed by atoms with van der Waals surface area (Å²) in [5, 5.41) is 16.9. The third-order valence-corrected chi connectivity index (χ3v) is 4.46. The summed E-state index contributed by atoms with van der Waals surface area (Å²) in [6.07, 6.45) is 4.11. The second-order valence-electron chi connectivity index (χ2n) is 5.87. The van der Waals surface area contributed by atoms with Crippen LogP contribution >= 0.6 is 0 Å². The number of aromatic nitrogens is 2. The number of anilines is 1. The minimum Gasteiger partial charge on any atom is -0.481 e. The Bertz CT molecular complexity index is 546. The first-order chi connectivity index (χ1) is 10.0. The fourth-order valence-electron chi connectivity index (χ4n) is 3.67. The maximum Gasteiger partial charge on any atom is 0.303 e. The Morgan fingerprint density at radius 1 is 1.24 bits per heavy atom. The Morgan fingerprint density at radius 2 is 1.90 bits per heavy atom. The number of nitrogens with two attached hydrogens (primary N) is 1. The number of fused-ring (bicyclic) bond motifs is 2. The highest BCUT2D eigenvalue weighted by Crippen LogP contribution is 2.41. The largest absolute Gasteiger partial charge is 0.481 e. The number of primary amides is 1. The molecule has 2 aliphatic rings. The van der Waals surface area contributed by atoms with E-state index in [4.69, 9.17) is 10.8 Å². The number of carbonyl (C=O) groups excluding carboxylic acids is 1. The molecule has 3 rings (SSSR count). The zero-order valence-electron chi connectivity index (χ0n) is 11.6. The van der Waals surface area contributed by atoms with Gasteiger partial charge in [-0.1, -0.05) is 0 Å². The van der Waals surface area contributed by atoms with Crippen molar-refractivity contribution in [2.24, 2.45) is 11.7 Å². The van der Waals surface area contributed by atoms with E-state index in [9.17, 15) is 9.59 Å². The zero-order valence-corrected chi connectivity index (χ0v) is 11.6. The van der Waals surface area contributed by atoms with Gasteiger partial charge in [-0.3, -0.25) is 9.59 Å². The van der Waals surface area contributed by atoms with Crippen molar-refractivity contribution in [3.05, 3.63) is 17.8 Å². The van der Waals surface area contributed by atoms with Gasteiger partial charge < -0.3 is 15.7 Å². The number of rotatable bonds is 4. The van der Waals surface area contributed by atoms with Crippen LogP contribution in [0.1, 0.15) is 42.6 Å². The van der Waals surface area contributed by atoms with Crippen LogP contribution in [0, 0.1) is 5.92 Å². The third kappa shape index (κ3) is 2.68. The molecular weight excluding hydrogens is 272 g/mol. The molecule has 0 radical (unpaired) electrons. The summed E-state index contributed by atoms with van der Waals surface area (Å²) in [5.74, 6) is -0.314. The first kappa shape index (κ1) is 13.8. The minimum atomic E-state index is -0.724.